The Bertz CT molecular complexity index is 1010. The Kier molecular flexibility index (Phi) is 8.77. The van der Waals surface area contributed by atoms with Gasteiger partial charge in [0.1, 0.15) is 5.76 Å². The normalized spacial score (nSPS) is 16.0. The lowest BCUT2D eigenvalue weighted by atomic mass is 9.96. The Morgan fingerprint density at radius 3 is 2.55 bits per heavy atom. The molecular weight excluding hydrogens is 467 g/mol. The molecule has 3 amide bonds. The predicted octanol–water partition coefficient (Wildman–Crippen LogP) is 3.74. The highest BCUT2D eigenvalue weighted by Crippen LogP contribution is 2.25. The highest BCUT2D eigenvalue weighted by atomic mass is 35.5. The maximum absolute atomic E-state index is 12.8. The molecule has 1 unspecified atom stereocenters. The van der Waals surface area contributed by atoms with E-state index in [-0.39, 0.29) is 24.1 Å². The standard InChI is InChI=1S/C23H28Cl2N4O4/c1-3-28(4-2)14-17-8-10-20(33-17)22(31)27-26-21(30)16-6-5-11-29(13-16)23(32)15-7-9-18(24)19(25)12-15/h7-10,12,16H,3-6,11,13-14H2,1-2H3,(H,26,30)(H,27,31). The quantitative estimate of drug-likeness (QED) is 0.571. The van der Waals surface area contributed by atoms with Crippen molar-refractivity contribution in [2.75, 3.05) is 26.2 Å². The van der Waals surface area contributed by atoms with Crippen molar-refractivity contribution in [2.24, 2.45) is 5.92 Å². The Balaban J connectivity index is 1.53. The topological polar surface area (TPSA) is 94.9 Å². The van der Waals surface area contributed by atoms with Crippen LogP contribution in [0.1, 0.15) is 53.4 Å². The summed E-state index contributed by atoms with van der Waals surface area (Å²) in [6, 6.07) is 8.04. The molecule has 1 atom stereocenters. The first kappa shape index (κ1) is 25.1. The van der Waals surface area contributed by atoms with Crippen molar-refractivity contribution in [3.63, 3.8) is 0 Å². The summed E-state index contributed by atoms with van der Waals surface area (Å²) in [5, 5.41) is 0.672. The molecule has 1 aromatic heterocycles. The van der Waals surface area contributed by atoms with Gasteiger partial charge in [-0.3, -0.25) is 30.1 Å². The van der Waals surface area contributed by atoms with Gasteiger partial charge in [0.25, 0.3) is 5.91 Å². The summed E-state index contributed by atoms with van der Waals surface area (Å²) in [5.74, 6) is -0.748. The third kappa shape index (κ3) is 6.50. The molecule has 178 valence electrons. The first-order chi connectivity index (χ1) is 15.8. The minimum absolute atomic E-state index is 0.123. The molecule has 8 nitrogen and oxygen atoms in total. The zero-order valence-electron chi connectivity index (χ0n) is 18.7. The molecule has 33 heavy (non-hydrogen) atoms. The molecule has 0 spiro atoms. The number of rotatable bonds is 7. The number of carbonyl (C=O) groups excluding carboxylic acids is 3. The second-order valence-corrected chi connectivity index (χ2v) is 8.70. The number of nitrogens with zero attached hydrogens (tertiary/aromatic N) is 2. The second-order valence-electron chi connectivity index (χ2n) is 7.89. The van der Waals surface area contributed by atoms with Crippen molar-refractivity contribution in [1.82, 2.24) is 20.7 Å². The van der Waals surface area contributed by atoms with Crippen LogP contribution in [0.4, 0.5) is 0 Å². The number of likely N-dealkylation sites (tertiary alicyclic amines) is 1. The van der Waals surface area contributed by atoms with Crippen molar-refractivity contribution in [3.05, 3.63) is 57.5 Å². The molecule has 10 heteroatoms. The third-order valence-electron chi connectivity index (χ3n) is 5.70. The zero-order valence-corrected chi connectivity index (χ0v) is 20.2. The van der Waals surface area contributed by atoms with Crippen molar-refractivity contribution in [1.29, 1.82) is 0 Å². The highest BCUT2D eigenvalue weighted by molar-refractivity contribution is 6.42. The van der Waals surface area contributed by atoms with Crippen LogP contribution in [0.5, 0.6) is 0 Å². The average molecular weight is 495 g/mol. The molecule has 2 aromatic rings. The molecule has 3 rings (SSSR count). The fourth-order valence-electron chi connectivity index (χ4n) is 3.72. The van der Waals surface area contributed by atoms with E-state index in [0.29, 0.717) is 47.3 Å². The van der Waals surface area contributed by atoms with Crippen LogP contribution >= 0.6 is 23.2 Å². The predicted molar refractivity (Wildman–Crippen MR) is 126 cm³/mol. The molecular formula is C23H28Cl2N4O4. The van der Waals surface area contributed by atoms with Gasteiger partial charge in [0.2, 0.25) is 5.91 Å². The van der Waals surface area contributed by atoms with E-state index in [9.17, 15) is 14.4 Å². The van der Waals surface area contributed by atoms with Crippen LogP contribution in [0.2, 0.25) is 10.0 Å². The van der Waals surface area contributed by atoms with Crippen LogP contribution in [0.25, 0.3) is 0 Å². The third-order valence-corrected chi connectivity index (χ3v) is 6.44. The molecule has 1 aliphatic rings. The molecule has 0 bridgehead atoms. The van der Waals surface area contributed by atoms with Crippen LogP contribution in [0.3, 0.4) is 0 Å². The number of hydrazine groups is 1. The number of halogens is 2. The van der Waals surface area contributed by atoms with Crippen LogP contribution < -0.4 is 10.9 Å². The molecule has 0 radical (unpaired) electrons. The summed E-state index contributed by atoms with van der Waals surface area (Å²) in [4.78, 5) is 41.6. The van der Waals surface area contributed by atoms with E-state index in [0.717, 1.165) is 13.1 Å². The van der Waals surface area contributed by atoms with Crippen LogP contribution in [0, 0.1) is 5.92 Å². The molecule has 1 aliphatic heterocycles. The Labute approximate surface area is 203 Å². The van der Waals surface area contributed by atoms with Gasteiger partial charge in [-0.05, 0) is 56.3 Å². The molecule has 1 saturated heterocycles. The Morgan fingerprint density at radius 2 is 1.85 bits per heavy atom. The first-order valence-corrected chi connectivity index (χ1v) is 11.7. The molecule has 0 saturated carbocycles. The van der Waals surface area contributed by atoms with E-state index in [2.05, 4.69) is 29.6 Å². The number of nitrogens with one attached hydrogen (secondary N) is 2. The fraction of sp³-hybridized carbons (Fsp3) is 0.435. The van der Waals surface area contributed by atoms with E-state index in [1.807, 2.05) is 0 Å². The lowest BCUT2D eigenvalue weighted by Crippen LogP contribution is -2.50. The molecule has 2 heterocycles. The number of amides is 3. The summed E-state index contributed by atoms with van der Waals surface area (Å²) in [6.45, 7) is 7.26. The van der Waals surface area contributed by atoms with Gasteiger partial charge in [-0.1, -0.05) is 37.0 Å². The van der Waals surface area contributed by atoms with Gasteiger partial charge in [0.15, 0.2) is 5.76 Å². The van der Waals surface area contributed by atoms with Crippen molar-refractivity contribution in [3.8, 4) is 0 Å². The van der Waals surface area contributed by atoms with Gasteiger partial charge in [0.05, 0.1) is 22.5 Å². The molecule has 1 fully saturated rings. The van der Waals surface area contributed by atoms with Gasteiger partial charge in [-0.15, -0.1) is 0 Å². The van der Waals surface area contributed by atoms with E-state index in [1.54, 1.807) is 29.2 Å². The number of piperidine rings is 1. The van der Waals surface area contributed by atoms with E-state index in [1.165, 1.54) is 6.07 Å². The Morgan fingerprint density at radius 1 is 1.09 bits per heavy atom. The summed E-state index contributed by atoms with van der Waals surface area (Å²) in [5.41, 5.74) is 5.27. The maximum Gasteiger partial charge on any atom is 0.305 e. The summed E-state index contributed by atoms with van der Waals surface area (Å²) in [7, 11) is 0. The fourth-order valence-corrected chi connectivity index (χ4v) is 4.02. The average Bonchev–Trinajstić information content (AvgIpc) is 3.30. The van der Waals surface area contributed by atoms with Crippen molar-refractivity contribution in [2.45, 2.75) is 33.2 Å². The zero-order chi connectivity index (χ0) is 24.0. The summed E-state index contributed by atoms with van der Waals surface area (Å²) >= 11 is 11.9. The number of hydrogen-bond acceptors (Lipinski definition) is 5. The Hall–Kier alpha value is -2.55. The molecule has 2 N–H and O–H groups in total. The van der Waals surface area contributed by atoms with E-state index < -0.39 is 11.8 Å². The van der Waals surface area contributed by atoms with Gasteiger partial charge in [0, 0.05) is 18.7 Å². The largest absolute Gasteiger partial charge is 0.454 e. The minimum Gasteiger partial charge on any atom is -0.454 e. The van der Waals surface area contributed by atoms with Crippen LogP contribution in [0.15, 0.2) is 34.7 Å². The first-order valence-electron chi connectivity index (χ1n) is 11.0. The van der Waals surface area contributed by atoms with Crippen LogP contribution in [-0.4, -0.2) is 53.7 Å². The highest BCUT2D eigenvalue weighted by Gasteiger charge is 2.29. The lowest BCUT2D eigenvalue weighted by Gasteiger charge is -2.32. The van der Waals surface area contributed by atoms with Gasteiger partial charge in [-0.25, -0.2) is 0 Å². The maximum atomic E-state index is 12.8. The number of carbonyl (C=O) groups is 3. The van der Waals surface area contributed by atoms with Crippen molar-refractivity contribution >= 4 is 40.9 Å². The smallest absolute Gasteiger partial charge is 0.305 e. The second kappa shape index (κ2) is 11.5. The monoisotopic (exact) mass is 494 g/mol. The lowest BCUT2D eigenvalue weighted by molar-refractivity contribution is -0.127. The van der Waals surface area contributed by atoms with Crippen LogP contribution in [-0.2, 0) is 11.3 Å². The molecule has 0 aliphatic carbocycles. The SMILES string of the molecule is CCN(CC)Cc1ccc(C(=O)NNC(=O)C2CCCN(C(=O)c3ccc(Cl)c(Cl)c3)C2)o1. The number of benzene rings is 1. The molecule has 1 aromatic carbocycles. The van der Waals surface area contributed by atoms with Crippen molar-refractivity contribution < 1.29 is 18.8 Å². The summed E-state index contributed by atoms with van der Waals surface area (Å²) < 4.78 is 5.59. The number of furan rings is 1. The number of hydrogen-bond donors (Lipinski definition) is 2. The van der Waals surface area contributed by atoms with Gasteiger partial charge >= 0.3 is 5.91 Å². The van der Waals surface area contributed by atoms with E-state index in [4.69, 9.17) is 27.6 Å². The summed E-state index contributed by atoms with van der Waals surface area (Å²) in [6.07, 6.45) is 1.29. The minimum atomic E-state index is -0.534. The van der Waals surface area contributed by atoms with E-state index >= 15 is 0 Å². The van der Waals surface area contributed by atoms with Gasteiger partial charge in [-0.2, -0.15) is 0 Å². The van der Waals surface area contributed by atoms with Gasteiger partial charge < -0.3 is 9.32 Å².